The number of nitrogens with one attached hydrogen (secondary N) is 1. The number of nitrogens with zero attached hydrogens (tertiary/aromatic N) is 3. The molecule has 3 aromatic rings. The maximum atomic E-state index is 14.1. The van der Waals surface area contributed by atoms with Crippen LogP contribution in [-0.4, -0.2) is 34.8 Å². The summed E-state index contributed by atoms with van der Waals surface area (Å²) in [4.78, 5) is 0. The minimum Gasteiger partial charge on any atom is -0.493 e. The molecule has 0 radical (unpaired) electrons. The lowest BCUT2D eigenvalue weighted by molar-refractivity contribution is 0.257. The first-order valence-corrected chi connectivity index (χ1v) is 9.18. The fourth-order valence-corrected chi connectivity index (χ4v) is 2.66. The summed E-state index contributed by atoms with van der Waals surface area (Å²) in [7, 11) is 1.58. The van der Waals surface area contributed by atoms with E-state index in [1.54, 1.807) is 31.5 Å². The fraction of sp³-hybridized carbons (Fsp3) is 0.250. The SMILES string of the molecule is COc1cc(/C=N\n2c(-c3ccccc3F)n[nH]c2=S)ccc1OCC(C)C. The second kappa shape index (κ2) is 8.79. The molecule has 0 unspecified atom stereocenters. The Hall–Kier alpha value is -3.00. The van der Waals surface area contributed by atoms with E-state index in [4.69, 9.17) is 21.7 Å². The van der Waals surface area contributed by atoms with Crippen LogP contribution in [0.15, 0.2) is 47.6 Å². The third-order valence-corrected chi connectivity index (χ3v) is 4.11. The summed E-state index contributed by atoms with van der Waals surface area (Å²) in [5.41, 5.74) is 1.08. The summed E-state index contributed by atoms with van der Waals surface area (Å²) in [6.07, 6.45) is 1.60. The van der Waals surface area contributed by atoms with Crippen LogP contribution in [0.1, 0.15) is 19.4 Å². The van der Waals surface area contributed by atoms with Crippen LogP contribution < -0.4 is 9.47 Å². The highest BCUT2D eigenvalue weighted by Crippen LogP contribution is 2.28. The molecule has 1 aromatic heterocycles. The van der Waals surface area contributed by atoms with Gasteiger partial charge in [-0.3, -0.25) is 0 Å². The van der Waals surface area contributed by atoms with Gasteiger partial charge in [0.25, 0.3) is 0 Å². The summed E-state index contributed by atoms with van der Waals surface area (Å²) in [5, 5.41) is 11.1. The number of aromatic amines is 1. The highest BCUT2D eigenvalue weighted by Gasteiger charge is 2.12. The average molecular weight is 400 g/mol. The van der Waals surface area contributed by atoms with E-state index in [1.807, 2.05) is 18.2 Å². The molecule has 8 heteroatoms. The highest BCUT2D eigenvalue weighted by atomic mass is 32.1. The van der Waals surface area contributed by atoms with E-state index in [9.17, 15) is 4.39 Å². The normalized spacial score (nSPS) is 11.3. The van der Waals surface area contributed by atoms with E-state index in [-0.39, 0.29) is 4.77 Å². The lowest BCUT2D eigenvalue weighted by Gasteiger charge is -2.12. The molecule has 0 aliphatic carbocycles. The van der Waals surface area contributed by atoms with Crippen LogP contribution in [0.25, 0.3) is 11.4 Å². The maximum Gasteiger partial charge on any atom is 0.216 e. The van der Waals surface area contributed by atoms with E-state index in [1.165, 1.54) is 10.7 Å². The van der Waals surface area contributed by atoms with Crippen molar-refractivity contribution in [3.8, 4) is 22.9 Å². The Bertz CT molecular complexity index is 1040. The molecule has 0 saturated carbocycles. The molecule has 0 atom stereocenters. The Labute approximate surface area is 167 Å². The first-order valence-electron chi connectivity index (χ1n) is 8.77. The van der Waals surface area contributed by atoms with Gasteiger partial charge >= 0.3 is 0 Å². The molecule has 1 heterocycles. The van der Waals surface area contributed by atoms with Crippen molar-refractivity contribution in [2.24, 2.45) is 11.0 Å². The molecule has 0 bridgehead atoms. The zero-order valence-corrected chi connectivity index (χ0v) is 16.7. The molecule has 28 heavy (non-hydrogen) atoms. The van der Waals surface area contributed by atoms with E-state index in [2.05, 4.69) is 29.1 Å². The quantitative estimate of drug-likeness (QED) is 0.462. The van der Waals surface area contributed by atoms with Gasteiger partial charge < -0.3 is 9.47 Å². The number of aromatic nitrogens is 3. The van der Waals surface area contributed by atoms with Gasteiger partial charge in [-0.1, -0.05) is 26.0 Å². The lowest BCUT2D eigenvalue weighted by atomic mass is 10.2. The molecule has 0 aliphatic rings. The predicted molar refractivity (Wildman–Crippen MR) is 109 cm³/mol. The van der Waals surface area contributed by atoms with Crippen LogP contribution in [0.2, 0.25) is 0 Å². The van der Waals surface area contributed by atoms with Gasteiger partial charge in [-0.2, -0.15) is 14.9 Å². The van der Waals surface area contributed by atoms with Crippen LogP contribution in [0.5, 0.6) is 11.5 Å². The van der Waals surface area contributed by atoms with Gasteiger partial charge in [0.05, 0.1) is 25.5 Å². The Morgan fingerprint density at radius 3 is 2.75 bits per heavy atom. The monoisotopic (exact) mass is 400 g/mol. The minimum absolute atomic E-state index is 0.262. The molecule has 0 saturated heterocycles. The second-order valence-corrected chi connectivity index (χ2v) is 6.89. The second-order valence-electron chi connectivity index (χ2n) is 6.50. The number of hydrogen-bond acceptors (Lipinski definition) is 5. The topological polar surface area (TPSA) is 64.4 Å². The first kappa shape index (κ1) is 19.8. The van der Waals surface area contributed by atoms with Crippen LogP contribution in [0.4, 0.5) is 4.39 Å². The third kappa shape index (κ3) is 4.45. The van der Waals surface area contributed by atoms with Crippen LogP contribution in [0, 0.1) is 16.5 Å². The number of methoxy groups -OCH3 is 1. The molecule has 0 aliphatic heterocycles. The molecule has 1 N–H and O–H groups in total. The van der Waals surface area contributed by atoms with Gasteiger partial charge in [-0.15, -0.1) is 0 Å². The number of hydrogen-bond donors (Lipinski definition) is 1. The van der Waals surface area contributed by atoms with Crippen molar-refractivity contribution in [3.05, 3.63) is 58.6 Å². The largest absolute Gasteiger partial charge is 0.493 e. The van der Waals surface area contributed by atoms with Crippen molar-refractivity contribution in [2.45, 2.75) is 13.8 Å². The molecule has 2 aromatic carbocycles. The standard InChI is InChI=1S/C20H21FN4O2S/c1-13(2)12-27-17-9-8-14(10-18(17)26-3)11-22-25-19(23-24-20(25)28)15-6-4-5-7-16(15)21/h4-11,13H,12H2,1-3H3,(H,24,28)/b22-11-. The van der Waals surface area contributed by atoms with Crippen molar-refractivity contribution < 1.29 is 13.9 Å². The highest BCUT2D eigenvalue weighted by molar-refractivity contribution is 7.71. The van der Waals surface area contributed by atoms with Crippen molar-refractivity contribution in [1.29, 1.82) is 0 Å². The molecule has 3 rings (SSSR count). The number of H-pyrrole nitrogens is 1. The van der Waals surface area contributed by atoms with Crippen LogP contribution in [0.3, 0.4) is 0 Å². The molecular formula is C20H21FN4O2S. The molecular weight excluding hydrogens is 379 g/mol. The van der Waals surface area contributed by atoms with Crippen LogP contribution in [-0.2, 0) is 0 Å². The Morgan fingerprint density at radius 1 is 1.25 bits per heavy atom. The fourth-order valence-electron chi connectivity index (χ4n) is 2.48. The predicted octanol–water partition coefficient (Wildman–Crippen LogP) is 4.67. The maximum absolute atomic E-state index is 14.1. The van der Waals surface area contributed by atoms with E-state index < -0.39 is 5.82 Å². The number of ether oxygens (including phenoxy) is 2. The number of rotatable bonds is 7. The van der Waals surface area contributed by atoms with Gasteiger partial charge in [0.15, 0.2) is 17.3 Å². The van der Waals surface area contributed by atoms with Crippen LogP contribution >= 0.6 is 12.2 Å². The lowest BCUT2D eigenvalue weighted by Crippen LogP contribution is -2.05. The van der Waals surface area contributed by atoms with E-state index >= 15 is 0 Å². The van der Waals surface area contributed by atoms with Crippen molar-refractivity contribution in [1.82, 2.24) is 14.9 Å². The first-order chi connectivity index (χ1) is 13.5. The van der Waals surface area contributed by atoms with Crippen molar-refractivity contribution in [3.63, 3.8) is 0 Å². The van der Waals surface area contributed by atoms with Gasteiger partial charge in [-0.05, 0) is 54.0 Å². The Kier molecular flexibility index (Phi) is 6.20. The van der Waals surface area contributed by atoms with Crippen molar-refractivity contribution >= 4 is 18.4 Å². The minimum atomic E-state index is -0.402. The van der Waals surface area contributed by atoms with Gasteiger partial charge in [0.1, 0.15) is 5.82 Å². The Balaban J connectivity index is 1.90. The molecule has 0 amide bonds. The summed E-state index contributed by atoms with van der Waals surface area (Å²) in [5.74, 6) is 1.57. The summed E-state index contributed by atoms with van der Waals surface area (Å²) < 4.78 is 26.9. The van der Waals surface area contributed by atoms with Gasteiger partial charge in [0.2, 0.25) is 4.77 Å². The van der Waals surface area contributed by atoms with Crippen molar-refractivity contribution in [2.75, 3.05) is 13.7 Å². The Morgan fingerprint density at radius 2 is 2.04 bits per heavy atom. The summed E-state index contributed by atoms with van der Waals surface area (Å²) in [6.45, 7) is 4.75. The average Bonchev–Trinajstić information content (AvgIpc) is 3.05. The smallest absolute Gasteiger partial charge is 0.216 e. The molecule has 0 spiro atoms. The van der Waals surface area contributed by atoms with E-state index in [0.717, 1.165) is 5.56 Å². The summed E-state index contributed by atoms with van der Waals surface area (Å²) in [6, 6.07) is 11.8. The number of halogens is 1. The van der Waals surface area contributed by atoms with Gasteiger partial charge in [0, 0.05) is 0 Å². The molecule has 146 valence electrons. The van der Waals surface area contributed by atoms with Gasteiger partial charge in [-0.25, -0.2) is 9.49 Å². The van der Waals surface area contributed by atoms with E-state index in [0.29, 0.717) is 35.4 Å². The molecule has 0 fully saturated rings. The third-order valence-electron chi connectivity index (χ3n) is 3.85. The summed E-state index contributed by atoms with van der Waals surface area (Å²) >= 11 is 5.22. The molecule has 6 nitrogen and oxygen atoms in total. The zero-order chi connectivity index (χ0) is 20.1. The zero-order valence-electron chi connectivity index (χ0n) is 15.8. The number of benzene rings is 2.